The summed E-state index contributed by atoms with van der Waals surface area (Å²) < 4.78 is 12.3. The number of hydrogen-bond donors (Lipinski definition) is 1. The van der Waals surface area contributed by atoms with Gasteiger partial charge in [0.25, 0.3) is 5.91 Å². The van der Waals surface area contributed by atoms with E-state index in [2.05, 4.69) is 38.7 Å². The summed E-state index contributed by atoms with van der Waals surface area (Å²) in [5.41, 5.74) is 1.31. The number of carbonyl (C=O) groups is 2. The molecule has 3 aliphatic heterocycles. The van der Waals surface area contributed by atoms with Crippen LogP contribution in [0.25, 0.3) is 0 Å². The van der Waals surface area contributed by atoms with Crippen LogP contribution in [0.5, 0.6) is 5.75 Å². The van der Waals surface area contributed by atoms with Crippen molar-refractivity contribution < 1.29 is 24.2 Å². The average molecular weight is 521 g/mol. The van der Waals surface area contributed by atoms with Crippen LogP contribution in [-0.2, 0) is 19.9 Å². The molecule has 2 fully saturated rings. The number of ether oxygens (including phenoxy) is 2. The van der Waals surface area contributed by atoms with Crippen LogP contribution in [0.2, 0.25) is 18.6 Å². The maximum atomic E-state index is 14.3. The Bertz CT molecular complexity index is 1230. The minimum absolute atomic E-state index is 0.0171. The zero-order valence-electron chi connectivity index (χ0n) is 22.1. The number of carbonyl (C=O) groups excluding carboxylic acids is 2. The monoisotopic (exact) mass is 520 g/mol. The van der Waals surface area contributed by atoms with Gasteiger partial charge in [0.1, 0.15) is 5.75 Å². The molecule has 0 bridgehead atoms. The summed E-state index contributed by atoms with van der Waals surface area (Å²) >= 11 is 0. The number of benzene rings is 2. The third-order valence-corrected chi connectivity index (χ3v) is 13.1. The Labute approximate surface area is 219 Å². The van der Waals surface area contributed by atoms with Crippen LogP contribution in [0, 0.1) is 5.92 Å². The van der Waals surface area contributed by atoms with Crippen molar-refractivity contribution in [1.82, 2.24) is 0 Å². The van der Waals surface area contributed by atoms with Gasteiger partial charge in [-0.15, -0.1) is 6.58 Å². The number of amides is 2. The molecule has 2 saturated heterocycles. The minimum Gasteiger partial charge on any atom is -0.497 e. The molecular weight excluding hydrogens is 484 g/mol. The Hall–Kier alpha value is -2.94. The number of hydrogen-bond acceptors (Lipinski definition) is 5. The van der Waals surface area contributed by atoms with Crippen LogP contribution >= 0.6 is 0 Å². The van der Waals surface area contributed by atoms with Gasteiger partial charge in [-0.25, -0.2) is 0 Å². The van der Waals surface area contributed by atoms with Gasteiger partial charge in [0.15, 0.2) is 5.60 Å². The van der Waals surface area contributed by atoms with E-state index < -0.39 is 13.7 Å². The molecule has 0 aliphatic carbocycles. The molecule has 0 saturated carbocycles. The summed E-state index contributed by atoms with van der Waals surface area (Å²) in [5, 5.41) is 11.3. The molecule has 196 valence electrons. The Morgan fingerprint density at radius 2 is 1.95 bits per heavy atom. The molecular formula is C29H36N2O5Si. The maximum Gasteiger partial charge on any atom is 0.264 e. The summed E-state index contributed by atoms with van der Waals surface area (Å²) in [4.78, 5) is 30.0. The fraction of sp³-hybridized carbons (Fsp3) is 0.448. The first kappa shape index (κ1) is 25.7. The molecule has 7 nitrogen and oxygen atoms in total. The molecule has 0 unspecified atom stereocenters. The Morgan fingerprint density at radius 3 is 2.51 bits per heavy atom. The third kappa shape index (κ3) is 3.76. The molecule has 1 N–H and O–H groups in total. The number of rotatable bonds is 8. The highest BCUT2D eigenvalue weighted by molar-refractivity contribution is 6.91. The molecule has 37 heavy (non-hydrogen) atoms. The van der Waals surface area contributed by atoms with E-state index in [0.29, 0.717) is 25.9 Å². The van der Waals surface area contributed by atoms with Crippen LogP contribution in [0.3, 0.4) is 0 Å². The molecule has 0 aromatic heterocycles. The summed E-state index contributed by atoms with van der Waals surface area (Å²) in [7, 11) is -0.561. The molecule has 2 amide bonds. The molecule has 3 aliphatic rings. The normalized spacial score (nSPS) is 27.0. The van der Waals surface area contributed by atoms with E-state index in [1.54, 1.807) is 23.0 Å². The number of aliphatic hydroxyl groups is 1. The highest BCUT2D eigenvalue weighted by Gasteiger charge is 2.66. The second-order valence-electron chi connectivity index (χ2n) is 10.9. The molecule has 8 heteroatoms. The fourth-order valence-corrected chi connectivity index (χ4v) is 10.8. The number of aliphatic hydroxyl groups excluding tert-OH is 1. The van der Waals surface area contributed by atoms with Crippen molar-refractivity contribution in [1.29, 1.82) is 0 Å². The van der Waals surface area contributed by atoms with Crippen molar-refractivity contribution in [2.45, 2.75) is 50.1 Å². The lowest BCUT2D eigenvalue weighted by atomic mass is 9.82. The Morgan fingerprint density at radius 1 is 1.22 bits per heavy atom. The van der Waals surface area contributed by atoms with Gasteiger partial charge in [-0.05, 0) is 42.3 Å². The summed E-state index contributed by atoms with van der Waals surface area (Å²) in [6.07, 6.45) is 2.45. The van der Waals surface area contributed by atoms with Gasteiger partial charge in [-0.3, -0.25) is 9.59 Å². The van der Waals surface area contributed by atoms with E-state index in [1.165, 1.54) is 5.19 Å². The van der Waals surface area contributed by atoms with Gasteiger partial charge >= 0.3 is 0 Å². The lowest BCUT2D eigenvalue weighted by Crippen LogP contribution is -2.52. The smallest absolute Gasteiger partial charge is 0.264 e. The predicted molar refractivity (Wildman–Crippen MR) is 147 cm³/mol. The number of anilines is 2. The number of fused-ring (bicyclic) bond motifs is 2. The first-order valence-electron chi connectivity index (χ1n) is 13.0. The summed E-state index contributed by atoms with van der Waals surface area (Å²) in [6, 6.07) is 14.0. The van der Waals surface area contributed by atoms with Crippen molar-refractivity contribution in [2.24, 2.45) is 5.92 Å². The fourth-order valence-electron chi connectivity index (χ4n) is 6.76. The standard InChI is InChI=1S/C29H36N2O5Si/c1-6-15-31-24-12-7-20(30-16-13-26(30)33)18-23(24)29(28(31)34)19(2)27(25(36-29)14-17-32)37(4,5)22-10-8-21(35-3)9-11-22/h6-12,18-19,25,27,32H,1,13-17H2,2-5H3/t19-,25+,27-,29+/m0/s1. The topological polar surface area (TPSA) is 79.3 Å². The largest absolute Gasteiger partial charge is 0.497 e. The van der Waals surface area contributed by atoms with Crippen LogP contribution in [0.1, 0.15) is 25.3 Å². The third-order valence-electron chi connectivity index (χ3n) is 8.71. The van der Waals surface area contributed by atoms with Crippen molar-refractivity contribution >= 4 is 36.4 Å². The van der Waals surface area contributed by atoms with Crippen molar-refractivity contribution in [3.05, 3.63) is 60.7 Å². The minimum atomic E-state index is -2.22. The molecule has 2 aromatic rings. The second-order valence-corrected chi connectivity index (χ2v) is 15.6. The van der Waals surface area contributed by atoms with E-state index in [-0.39, 0.29) is 36.0 Å². The van der Waals surface area contributed by atoms with Gasteiger partial charge < -0.3 is 24.4 Å². The van der Waals surface area contributed by atoms with Gasteiger partial charge in [0, 0.05) is 43.3 Å². The van der Waals surface area contributed by atoms with Crippen LogP contribution in [0.15, 0.2) is 55.1 Å². The Kier molecular flexibility index (Phi) is 6.54. The molecule has 4 atom stereocenters. The lowest BCUT2D eigenvalue weighted by Gasteiger charge is -2.37. The first-order valence-corrected chi connectivity index (χ1v) is 16.1. The van der Waals surface area contributed by atoms with Gasteiger partial charge in [0.2, 0.25) is 5.91 Å². The molecule has 1 spiro atoms. The highest BCUT2D eigenvalue weighted by Crippen LogP contribution is 2.60. The lowest BCUT2D eigenvalue weighted by molar-refractivity contribution is -0.146. The first-order chi connectivity index (χ1) is 17.7. The predicted octanol–water partition coefficient (Wildman–Crippen LogP) is 3.56. The van der Waals surface area contributed by atoms with Crippen LogP contribution in [0.4, 0.5) is 11.4 Å². The molecule has 5 rings (SSSR count). The second kappa shape index (κ2) is 9.42. The van der Waals surface area contributed by atoms with Crippen LogP contribution in [-0.4, -0.2) is 57.9 Å². The van der Waals surface area contributed by atoms with Gasteiger partial charge in [-0.2, -0.15) is 0 Å². The molecule has 0 radical (unpaired) electrons. The zero-order chi connectivity index (χ0) is 26.5. The van der Waals surface area contributed by atoms with E-state index in [0.717, 1.165) is 22.7 Å². The number of methoxy groups -OCH3 is 1. The van der Waals surface area contributed by atoms with Crippen molar-refractivity contribution in [3.8, 4) is 5.75 Å². The van der Waals surface area contributed by atoms with Gasteiger partial charge in [0.05, 0.1) is 27.0 Å². The quantitative estimate of drug-likeness (QED) is 0.327. The van der Waals surface area contributed by atoms with E-state index in [1.807, 2.05) is 30.3 Å². The summed E-state index contributed by atoms with van der Waals surface area (Å²) in [6.45, 7) is 11.7. The van der Waals surface area contributed by atoms with Crippen molar-refractivity contribution in [2.75, 3.05) is 36.6 Å². The molecule has 3 heterocycles. The van der Waals surface area contributed by atoms with E-state index in [4.69, 9.17) is 9.47 Å². The van der Waals surface area contributed by atoms with Crippen molar-refractivity contribution in [3.63, 3.8) is 0 Å². The van der Waals surface area contributed by atoms with E-state index >= 15 is 0 Å². The molecule has 2 aromatic carbocycles. The SMILES string of the molecule is C=CCN1C(=O)[C@]2(O[C@H](CCO)[C@@H]([Si](C)(C)c3ccc(OC)cc3)[C@@H]2C)c2cc(N3CCC3=O)ccc21. The van der Waals surface area contributed by atoms with E-state index in [9.17, 15) is 14.7 Å². The Balaban J connectivity index is 1.63. The summed E-state index contributed by atoms with van der Waals surface area (Å²) in [5.74, 6) is 0.662. The zero-order valence-corrected chi connectivity index (χ0v) is 23.1. The highest BCUT2D eigenvalue weighted by atomic mass is 28.3. The van der Waals surface area contributed by atoms with Crippen LogP contribution < -0.4 is 19.7 Å². The average Bonchev–Trinajstić information content (AvgIpc) is 3.30. The maximum absolute atomic E-state index is 14.3. The number of nitrogens with zero attached hydrogens (tertiary/aromatic N) is 2. The van der Waals surface area contributed by atoms with Gasteiger partial charge in [-0.1, -0.05) is 43.4 Å². The number of β-lactam (4-membered cyclic amide) rings is 1.